The molecule has 2 unspecified atom stereocenters. The van der Waals surface area contributed by atoms with E-state index < -0.39 is 0 Å². The number of piperazine rings is 1. The van der Waals surface area contributed by atoms with E-state index in [4.69, 9.17) is 9.47 Å². The molecular formula is C32H44N4O4. The number of cyclic esters (lactones) is 1. The third kappa shape index (κ3) is 8.05. The van der Waals surface area contributed by atoms with Crippen molar-refractivity contribution in [3.8, 4) is 0 Å². The van der Waals surface area contributed by atoms with Gasteiger partial charge in [0.25, 0.3) is 0 Å². The molecule has 3 saturated heterocycles. The SMILES string of the molecule is CN1CC(N2CCN(CCC(=O)OCc3ccccc3)CC2CCC2CCN(Cc3ccccc3)CC2)OC1=O. The highest BCUT2D eigenvalue weighted by molar-refractivity contribution is 5.69. The Labute approximate surface area is 238 Å². The molecule has 2 aromatic rings. The van der Waals surface area contributed by atoms with Crippen molar-refractivity contribution in [2.24, 2.45) is 5.92 Å². The van der Waals surface area contributed by atoms with Crippen LogP contribution in [0.1, 0.15) is 43.2 Å². The fourth-order valence-electron chi connectivity index (χ4n) is 6.26. The van der Waals surface area contributed by atoms with Crippen molar-refractivity contribution in [3.05, 3.63) is 71.8 Å². The van der Waals surface area contributed by atoms with Gasteiger partial charge in [-0.05, 0) is 55.8 Å². The Morgan fingerprint density at radius 2 is 1.57 bits per heavy atom. The molecule has 216 valence electrons. The summed E-state index contributed by atoms with van der Waals surface area (Å²) in [6.07, 6.45) is 4.70. The van der Waals surface area contributed by atoms with Gasteiger partial charge in [0.05, 0.1) is 13.0 Å². The normalized spacial score (nSPS) is 23.3. The van der Waals surface area contributed by atoms with E-state index in [-0.39, 0.29) is 18.3 Å². The number of benzene rings is 2. The summed E-state index contributed by atoms with van der Waals surface area (Å²) in [7, 11) is 1.80. The number of hydrogen-bond acceptors (Lipinski definition) is 7. The molecule has 0 spiro atoms. The van der Waals surface area contributed by atoms with Crippen LogP contribution in [0.3, 0.4) is 0 Å². The zero-order valence-electron chi connectivity index (χ0n) is 23.8. The molecule has 8 nitrogen and oxygen atoms in total. The van der Waals surface area contributed by atoms with Gasteiger partial charge in [-0.2, -0.15) is 0 Å². The summed E-state index contributed by atoms with van der Waals surface area (Å²) in [5, 5.41) is 0. The van der Waals surface area contributed by atoms with Crippen molar-refractivity contribution in [3.63, 3.8) is 0 Å². The van der Waals surface area contributed by atoms with Crippen molar-refractivity contribution in [2.45, 2.75) is 57.5 Å². The lowest BCUT2D eigenvalue weighted by Gasteiger charge is -2.44. The molecule has 2 atom stereocenters. The van der Waals surface area contributed by atoms with Gasteiger partial charge in [0.15, 0.2) is 6.23 Å². The van der Waals surface area contributed by atoms with Gasteiger partial charge in [-0.25, -0.2) is 4.79 Å². The average molecular weight is 549 g/mol. The van der Waals surface area contributed by atoms with Gasteiger partial charge in [-0.1, -0.05) is 60.7 Å². The second-order valence-corrected chi connectivity index (χ2v) is 11.6. The largest absolute Gasteiger partial charge is 0.461 e. The van der Waals surface area contributed by atoms with E-state index in [9.17, 15) is 9.59 Å². The van der Waals surface area contributed by atoms with Crippen LogP contribution in [0, 0.1) is 5.92 Å². The van der Waals surface area contributed by atoms with E-state index >= 15 is 0 Å². The highest BCUT2D eigenvalue weighted by Gasteiger charge is 2.39. The monoisotopic (exact) mass is 548 g/mol. The standard InChI is InChI=1S/C32H44N4O4/c1-33-24-30(40-32(33)38)36-21-20-35(19-16-31(37)39-25-28-10-6-3-7-11-28)23-29(36)13-12-26-14-17-34(18-15-26)22-27-8-4-2-5-9-27/h2-11,26,29-30H,12-25H2,1H3. The van der Waals surface area contributed by atoms with Crippen LogP contribution in [0.4, 0.5) is 4.79 Å². The maximum atomic E-state index is 12.4. The van der Waals surface area contributed by atoms with Gasteiger partial charge >= 0.3 is 12.1 Å². The quantitative estimate of drug-likeness (QED) is 0.390. The van der Waals surface area contributed by atoms with Crippen LogP contribution < -0.4 is 0 Å². The zero-order valence-corrected chi connectivity index (χ0v) is 23.8. The lowest BCUT2D eigenvalue weighted by Crippen LogP contribution is -2.57. The van der Waals surface area contributed by atoms with E-state index in [1.165, 1.54) is 24.8 Å². The van der Waals surface area contributed by atoms with E-state index in [0.717, 1.165) is 57.2 Å². The smallest absolute Gasteiger partial charge is 0.411 e. The predicted molar refractivity (Wildman–Crippen MR) is 154 cm³/mol. The first-order chi connectivity index (χ1) is 19.5. The Morgan fingerprint density at radius 3 is 2.25 bits per heavy atom. The van der Waals surface area contributed by atoms with Crippen LogP contribution in [0.25, 0.3) is 0 Å². The number of carbonyl (C=O) groups is 2. The minimum absolute atomic E-state index is 0.156. The topological polar surface area (TPSA) is 65.6 Å². The molecule has 1 amide bonds. The number of amides is 1. The fourth-order valence-corrected chi connectivity index (χ4v) is 6.26. The minimum atomic E-state index is -0.238. The van der Waals surface area contributed by atoms with Crippen molar-refractivity contribution in [1.82, 2.24) is 19.6 Å². The number of piperidine rings is 1. The molecule has 0 saturated carbocycles. The number of esters is 1. The number of likely N-dealkylation sites (N-methyl/N-ethyl adjacent to an activating group) is 1. The maximum absolute atomic E-state index is 12.4. The summed E-state index contributed by atoms with van der Waals surface area (Å²) in [6.45, 7) is 7.54. The van der Waals surface area contributed by atoms with Gasteiger partial charge in [0.2, 0.25) is 0 Å². The third-order valence-corrected chi connectivity index (χ3v) is 8.70. The number of carbonyl (C=O) groups excluding carboxylic acids is 2. The first-order valence-corrected chi connectivity index (χ1v) is 14.9. The van der Waals surface area contributed by atoms with Gasteiger partial charge in [0.1, 0.15) is 6.61 Å². The Morgan fingerprint density at radius 1 is 0.875 bits per heavy atom. The number of likely N-dealkylation sites (tertiary alicyclic amines) is 1. The molecule has 2 aromatic carbocycles. The molecule has 0 aromatic heterocycles. The molecule has 0 N–H and O–H groups in total. The second-order valence-electron chi connectivity index (χ2n) is 11.6. The molecule has 0 aliphatic carbocycles. The zero-order chi connectivity index (χ0) is 27.7. The molecule has 3 fully saturated rings. The van der Waals surface area contributed by atoms with Crippen LogP contribution in [-0.4, -0.2) is 96.8 Å². The lowest BCUT2D eigenvalue weighted by atomic mass is 9.89. The fraction of sp³-hybridized carbons (Fsp3) is 0.562. The van der Waals surface area contributed by atoms with Crippen LogP contribution in [0.15, 0.2) is 60.7 Å². The summed E-state index contributed by atoms with van der Waals surface area (Å²) in [4.78, 5) is 33.6. The summed E-state index contributed by atoms with van der Waals surface area (Å²) in [5.74, 6) is 0.572. The van der Waals surface area contributed by atoms with E-state index in [1.54, 1.807) is 11.9 Å². The molecule has 0 bridgehead atoms. The van der Waals surface area contributed by atoms with E-state index in [0.29, 0.717) is 32.2 Å². The van der Waals surface area contributed by atoms with E-state index in [2.05, 4.69) is 45.0 Å². The summed E-state index contributed by atoms with van der Waals surface area (Å²) in [5.41, 5.74) is 2.39. The first-order valence-electron chi connectivity index (χ1n) is 14.9. The van der Waals surface area contributed by atoms with Crippen LogP contribution in [0.2, 0.25) is 0 Å². The number of rotatable bonds is 11. The maximum Gasteiger partial charge on any atom is 0.411 e. The number of nitrogens with zero attached hydrogens (tertiary/aromatic N) is 4. The second kappa shape index (κ2) is 14.1. The molecule has 8 heteroatoms. The Bertz CT molecular complexity index is 1080. The van der Waals surface area contributed by atoms with Crippen molar-refractivity contribution in [1.29, 1.82) is 0 Å². The predicted octanol–water partition coefficient (Wildman–Crippen LogP) is 4.21. The minimum Gasteiger partial charge on any atom is -0.461 e. The molecule has 5 rings (SSSR count). The molecule has 3 heterocycles. The first kappa shape index (κ1) is 28.6. The van der Waals surface area contributed by atoms with Gasteiger partial charge in [-0.3, -0.25) is 19.5 Å². The molecule has 3 aliphatic rings. The van der Waals surface area contributed by atoms with Crippen molar-refractivity contribution in [2.75, 3.05) is 52.9 Å². The Kier molecular flexibility index (Phi) is 10.1. The molecular weight excluding hydrogens is 504 g/mol. The van der Waals surface area contributed by atoms with Crippen molar-refractivity contribution < 1.29 is 19.1 Å². The Hall–Kier alpha value is -2.94. The van der Waals surface area contributed by atoms with Gasteiger partial charge < -0.3 is 14.4 Å². The summed E-state index contributed by atoms with van der Waals surface area (Å²) >= 11 is 0. The highest BCUT2D eigenvalue weighted by atomic mass is 16.6. The average Bonchev–Trinajstić information content (AvgIpc) is 3.33. The van der Waals surface area contributed by atoms with Crippen LogP contribution in [-0.2, 0) is 27.4 Å². The van der Waals surface area contributed by atoms with Crippen molar-refractivity contribution >= 4 is 12.1 Å². The summed E-state index contributed by atoms with van der Waals surface area (Å²) in [6, 6.07) is 20.9. The Balaban J connectivity index is 1.10. The molecule has 40 heavy (non-hydrogen) atoms. The molecule has 0 radical (unpaired) electrons. The van der Waals surface area contributed by atoms with Gasteiger partial charge in [0, 0.05) is 45.8 Å². The van der Waals surface area contributed by atoms with Crippen LogP contribution in [0.5, 0.6) is 0 Å². The number of ether oxygens (including phenoxy) is 2. The van der Waals surface area contributed by atoms with Crippen LogP contribution >= 0.6 is 0 Å². The highest BCUT2D eigenvalue weighted by Crippen LogP contribution is 2.28. The molecule has 3 aliphatic heterocycles. The third-order valence-electron chi connectivity index (χ3n) is 8.70. The van der Waals surface area contributed by atoms with Gasteiger partial charge in [-0.15, -0.1) is 0 Å². The van der Waals surface area contributed by atoms with E-state index in [1.807, 2.05) is 30.3 Å². The number of hydrogen-bond donors (Lipinski definition) is 0. The lowest BCUT2D eigenvalue weighted by molar-refractivity contribution is -0.145. The summed E-state index contributed by atoms with van der Waals surface area (Å²) < 4.78 is 11.2.